The second-order valence-electron chi connectivity index (χ2n) is 3.89. The molecule has 1 aromatic heterocycles. The molecular weight excluding hydrogens is 281 g/mol. The van der Waals surface area contributed by atoms with Crippen LogP contribution in [0, 0.1) is 15.9 Å². The van der Waals surface area contributed by atoms with Gasteiger partial charge in [0, 0.05) is 12.3 Å². The molecule has 0 saturated heterocycles. The zero-order valence-corrected chi connectivity index (χ0v) is 10.6. The number of hydrogen-bond donors (Lipinski definition) is 2. The number of carbonyl (C=O) groups excluding carboxylic acids is 1. The van der Waals surface area contributed by atoms with Crippen molar-refractivity contribution in [1.82, 2.24) is 4.98 Å². The molecule has 0 aliphatic rings. The Morgan fingerprint density at radius 2 is 2.00 bits per heavy atom. The molecule has 0 atom stereocenters. The Kier molecular flexibility index (Phi) is 3.93. The third-order valence-corrected chi connectivity index (χ3v) is 2.51. The number of anilines is 2. The van der Waals surface area contributed by atoms with E-state index < -0.39 is 16.8 Å². The smallest absolute Gasteiger partial charge is 0.338 e. The number of primary amides is 1. The predicted molar refractivity (Wildman–Crippen MR) is 73.0 cm³/mol. The van der Waals surface area contributed by atoms with Crippen LogP contribution < -0.4 is 16.2 Å². The first-order chi connectivity index (χ1) is 9.99. The van der Waals surface area contributed by atoms with Crippen LogP contribution >= 0.6 is 0 Å². The van der Waals surface area contributed by atoms with E-state index in [0.29, 0.717) is 0 Å². The molecule has 0 aliphatic heterocycles. The molecule has 2 rings (SSSR count). The Morgan fingerprint density at radius 1 is 1.33 bits per heavy atom. The molecule has 2 amide bonds. The maximum atomic E-state index is 12.9. The van der Waals surface area contributed by atoms with Gasteiger partial charge in [0.25, 0.3) is 0 Å². The van der Waals surface area contributed by atoms with Crippen molar-refractivity contribution in [3.63, 3.8) is 0 Å². The largest absolute Gasteiger partial charge is 0.350 e. The molecule has 0 radical (unpaired) electrons. The lowest BCUT2D eigenvalue weighted by atomic mass is 10.3. The molecule has 0 aliphatic carbocycles. The van der Waals surface area contributed by atoms with Crippen molar-refractivity contribution in [2.75, 3.05) is 10.4 Å². The van der Waals surface area contributed by atoms with Crippen LogP contribution in [0.3, 0.4) is 0 Å². The number of nitrogens with one attached hydrogen (secondary N) is 1. The Morgan fingerprint density at radius 3 is 2.57 bits per heavy atom. The maximum Gasteiger partial charge on any atom is 0.338 e. The van der Waals surface area contributed by atoms with Gasteiger partial charge in [-0.25, -0.2) is 19.2 Å². The summed E-state index contributed by atoms with van der Waals surface area (Å²) < 4.78 is 12.9. The van der Waals surface area contributed by atoms with Gasteiger partial charge in [-0.1, -0.05) is 0 Å². The summed E-state index contributed by atoms with van der Waals surface area (Å²) in [6.07, 6.45) is 1.32. The van der Waals surface area contributed by atoms with Crippen molar-refractivity contribution in [2.45, 2.75) is 0 Å². The summed E-state index contributed by atoms with van der Waals surface area (Å²) >= 11 is 0. The van der Waals surface area contributed by atoms with E-state index in [4.69, 9.17) is 5.73 Å². The van der Waals surface area contributed by atoms with Gasteiger partial charge < -0.3 is 5.73 Å². The normalized spacial score (nSPS) is 9.95. The van der Waals surface area contributed by atoms with E-state index in [1.54, 1.807) is 0 Å². The number of pyridine rings is 1. The molecule has 0 fully saturated rings. The average molecular weight is 291 g/mol. The van der Waals surface area contributed by atoms with Gasteiger partial charge in [0.15, 0.2) is 0 Å². The summed E-state index contributed by atoms with van der Waals surface area (Å²) in [6, 6.07) is 6.51. The first-order valence-electron chi connectivity index (χ1n) is 5.70. The van der Waals surface area contributed by atoms with Crippen molar-refractivity contribution in [1.29, 1.82) is 0 Å². The van der Waals surface area contributed by atoms with Crippen molar-refractivity contribution in [2.24, 2.45) is 5.73 Å². The third-order valence-electron chi connectivity index (χ3n) is 2.51. The minimum Gasteiger partial charge on any atom is -0.350 e. The van der Waals surface area contributed by atoms with Crippen LogP contribution in [-0.4, -0.2) is 15.9 Å². The average Bonchev–Trinajstić information content (AvgIpc) is 2.46. The second-order valence-corrected chi connectivity index (χ2v) is 3.89. The van der Waals surface area contributed by atoms with E-state index in [-0.39, 0.29) is 17.2 Å². The quantitative estimate of drug-likeness (QED) is 0.660. The minimum atomic E-state index is -0.929. The summed E-state index contributed by atoms with van der Waals surface area (Å²) in [5.41, 5.74) is 7.55. The third kappa shape index (κ3) is 3.21. The molecule has 0 spiro atoms. The Hall–Kier alpha value is -3.23. The van der Waals surface area contributed by atoms with Crippen LogP contribution in [0.25, 0.3) is 0 Å². The molecule has 0 saturated carbocycles. The number of nitrogens with zero attached hydrogens (tertiary/aromatic N) is 3. The van der Waals surface area contributed by atoms with Crippen LogP contribution in [0.15, 0.2) is 42.6 Å². The number of amides is 2. The van der Waals surface area contributed by atoms with E-state index in [2.05, 4.69) is 10.4 Å². The summed E-state index contributed by atoms with van der Waals surface area (Å²) in [4.78, 5) is 25.5. The van der Waals surface area contributed by atoms with E-state index in [1.165, 1.54) is 30.5 Å². The van der Waals surface area contributed by atoms with Gasteiger partial charge in [0.1, 0.15) is 5.82 Å². The van der Waals surface area contributed by atoms with E-state index in [1.807, 2.05) is 0 Å². The fourth-order valence-corrected chi connectivity index (χ4v) is 1.57. The number of carbonyl (C=O) groups is 1. The van der Waals surface area contributed by atoms with Gasteiger partial charge in [-0.2, -0.15) is 0 Å². The molecule has 21 heavy (non-hydrogen) atoms. The summed E-state index contributed by atoms with van der Waals surface area (Å²) in [5, 5.41) is 11.7. The summed E-state index contributed by atoms with van der Waals surface area (Å²) in [5.74, 6) is -0.655. The molecule has 0 unspecified atom stereocenters. The highest BCUT2D eigenvalue weighted by molar-refractivity contribution is 5.93. The van der Waals surface area contributed by atoms with Crippen LogP contribution in [0.4, 0.5) is 26.4 Å². The fourth-order valence-electron chi connectivity index (χ4n) is 1.57. The number of nitrogens with two attached hydrogens (primary N) is 1. The van der Waals surface area contributed by atoms with Crippen LogP contribution in [0.2, 0.25) is 0 Å². The van der Waals surface area contributed by atoms with Crippen molar-refractivity contribution >= 4 is 23.2 Å². The zero-order valence-electron chi connectivity index (χ0n) is 10.6. The molecule has 1 heterocycles. The van der Waals surface area contributed by atoms with Crippen LogP contribution in [-0.2, 0) is 0 Å². The van der Waals surface area contributed by atoms with Crippen LogP contribution in [0.5, 0.6) is 0 Å². The van der Waals surface area contributed by atoms with Crippen LogP contribution in [0.1, 0.15) is 0 Å². The Bertz CT molecular complexity index is 677. The number of urea groups is 1. The maximum absolute atomic E-state index is 12.9. The molecule has 0 bridgehead atoms. The SMILES string of the molecule is NC(=O)N(Nc1ncccc1[N+](=O)[O-])c1ccc(F)cc1. The standard InChI is InChI=1S/C12H10FN5O3/c13-8-3-5-9(6-4-8)17(12(14)19)16-11-10(18(20)21)2-1-7-15-11/h1-7H,(H2,14,19)(H,15,16). The first kappa shape index (κ1) is 14.2. The van der Waals surface area contributed by atoms with Gasteiger partial charge in [-0.15, -0.1) is 0 Å². The number of hydrogen-bond acceptors (Lipinski definition) is 5. The van der Waals surface area contributed by atoms with E-state index >= 15 is 0 Å². The van der Waals surface area contributed by atoms with Crippen molar-refractivity contribution < 1.29 is 14.1 Å². The molecule has 3 N–H and O–H groups in total. The number of hydrazine groups is 1. The van der Waals surface area contributed by atoms with Gasteiger partial charge >= 0.3 is 11.7 Å². The van der Waals surface area contributed by atoms with Gasteiger partial charge in [0.05, 0.1) is 10.6 Å². The highest BCUT2D eigenvalue weighted by atomic mass is 19.1. The summed E-state index contributed by atoms with van der Waals surface area (Å²) in [7, 11) is 0. The highest BCUT2D eigenvalue weighted by Gasteiger charge is 2.20. The highest BCUT2D eigenvalue weighted by Crippen LogP contribution is 2.23. The molecule has 1 aromatic carbocycles. The second kappa shape index (κ2) is 5.82. The van der Waals surface area contributed by atoms with E-state index in [0.717, 1.165) is 17.1 Å². The number of rotatable bonds is 4. The lowest BCUT2D eigenvalue weighted by Crippen LogP contribution is -2.40. The van der Waals surface area contributed by atoms with Gasteiger partial charge in [-0.05, 0) is 30.3 Å². The first-order valence-corrected chi connectivity index (χ1v) is 5.70. The zero-order chi connectivity index (χ0) is 15.4. The lowest BCUT2D eigenvalue weighted by Gasteiger charge is -2.21. The van der Waals surface area contributed by atoms with Gasteiger partial charge in [0.2, 0.25) is 5.82 Å². The number of nitro groups is 1. The number of halogens is 1. The molecule has 9 heteroatoms. The van der Waals surface area contributed by atoms with E-state index in [9.17, 15) is 19.3 Å². The molecule has 108 valence electrons. The minimum absolute atomic E-state index is 0.161. The molecule has 2 aromatic rings. The molecule has 8 nitrogen and oxygen atoms in total. The Balaban J connectivity index is 2.35. The lowest BCUT2D eigenvalue weighted by molar-refractivity contribution is -0.384. The predicted octanol–water partition coefficient (Wildman–Crippen LogP) is 2.04. The van der Waals surface area contributed by atoms with Crippen molar-refractivity contribution in [3.05, 3.63) is 58.5 Å². The molecular formula is C12H10FN5O3. The van der Waals surface area contributed by atoms with Crippen molar-refractivity contribution in [3.8, 4) is 0 Å². The number of benzene rings is 1. The topological polar surface area (TPSA) is 114 Å². The monoisotopic (exact) mass is 291 g/mol. The van der Waals surface area contributed by atoms with Gasteiger partial charge in [-0.3, -0.25) is 15.5 Å². The fraction of sp³-hybridized carbons (Fsp3) is 0. The number of aromatic nitrogens is 1. The Labute approximate surface area is 118 Å². The summed E-state index contributed by atoms with van der Waals surface area (Å²) in [6.45, 7) is 0.